The fourth-order valence-electron chi connectivity index (χ4n) is 2.54. The number of pyridine rings is 1. The van der Waals surface area contributed by atoms with Gasteiger partial charge in [0.1, 0.15) is 21.6 Å². The number of alkyl halides is 3. The highest BCUT2D eigenvalue weighted by Crippen LogP contribution is 2.38. The van der Waals surface area contributed by atoms with E-state index in [9.17, 15) is 13.2 Å². The average molecular weight is 348 g/mol. The first-order valence-electron chi connectivity index (χ1n) is 6.76. The highest BCUT2D eigenvalue weighted by Gasteiger charge is 2.33. The van der Waals surface area contributed by atoms with Gasteiger partial charge in [-0.05, 0) is 18.6 Å². The Hall–Kier alpha value is -2.80. The molecule has 24 heavy (non-hydrogen) atoms. The molecule has 0 saturated heterocycles. The summed E-state index contributed by atoms with van der Waals surface area (Å²) in [6, 6.07) is 2.98. The van der Waals surface area contributed by atoms with Gasteiger partial charge in [-0.3, -0.25) is 0 Å². The number of nitrogens with zero attached hydrogens (tertiary/aromatic N) is 6. The molecule has 120 valence electrons. The third kappa shape index (κ3) is 2.09. The Morgan fingerprint density at radius 3 is 2.83 bits per heavy atom. The molecule has 0 aliphatic heterocycles. The minimum absolute atomic E-state index is 0.0452. The summed E-state index contributed by atoms with van der Waals surface area (Å²) in [5.74, 6) is 0.338. The van der Waals surface area contributed by atoms with Gasteiger partial charge in [-0.1, -0.05) is 0 Å². The average Bonchev–Trinajstić information content (AvgIpc) is 3.06. The van der Waals surface area contributed by atoms with Crippen molar-refractivity contribution in [2.45, 2.75) is 19.5 Å². The first-order valence-corrected chi connectivity index (χ1v) is 7.58. The van der Waals surface area contributed by atoms with Gasteiger partial charge < -0.3 is 0 Å². The summed E-state index contributed by atoms with van der Waals surface area (Å²) in [6.07, 6.45) is -3.02. The van der Waals surface area contributed by atoms with Crippen LogP contribution in [0.3, 0.4) is 0 Å². The second-order valence-electron chi connectivity index (χ2n) is 5.16. The molecule has 0 aliphatic carbocycles. The van der Waals surface area contributed by atoms with E-state index in [1.807, 2.05) is 6.07 Å². The van der Waals surface area contributed by atoms with Gasteiger partial charge in [0.15, 0.2) is 11.5 Å². The van der Waals surface area contributed by atoms with Crippen molar-refractivity contribution in [2.75, 3.05) is 0 Å². The molecule has 4 aromatic heterocycles. The third-order valence-corrected chi connectivity index (χ3v) is 4.60. The van der Waals surface area contributed by atoms with Gasteiger partial charge in [0.2, 0.25) is 0 Å². The molecule has 0 spiro atoms. The van der Waals surface area contributed by atoms with Crippen molar-refractivity contribution in [1.29, 1.82) is 5.26 Å². The van der Waals surface area contributed by atoms with Crippen molar-refractivity contribution < 1.29 is 13.2 Å². The van der Waals surface area contributed by atoms with E-state index < -0.39 is 11.9 Å². The molecule has 0 unspecified atom stereocenters. The molecule has 0 aromatic carbocycles. The second kappa shape index (κ2) is 4.85. The maximum absolute atomic E-state index is 13.0. The van der Waals surface area contributed by atoms with Gasteiger partial charge in [-0.25, -0.2) is 19.5 Å². The van der Waals surface area contributed by atoms with Gasteiger partial charge >= 0.3 is 6.18 Å². The van der Waals surface area contributed by atoms with Crippen LogP contribution >= 0.6 is 11.3 Å². The highest BCUT2D eigenvalue weighted by molar-refractivity contribution is 7.26. The number of nitriles is 1. The molecule has 10 heteroatoms. The molecular formula is C14H7F3N6S. The van der Waals surface area contributed by atoms with Crippen LogP contribution in [-0.2, 0) is 12.6 Å². The molecule has 0 saturated carbocycles. The van der Waals surface area contributed by atoms with Crippen molar-refractivity contribution in [3.63, 3.8) is 0 Å². The number of hydrogen-bond donors (Lipinski definition) is 0. The van der Waals surface area contributed by atoms with Crippen LogP contribution in [0, 0.1) is 18.3 Å². The van der Waals surface area contributed by atoms with Crippen molar-refractivity contribution in [3.05, 3.63) is 29.5 Å². The standard InChI is InChI=1S/C14H7F3N6S/c1-6-4-7(14(15,16)17)20-13-9(6)10-11(24-13)12-21-8(2-3-18)22-23(12)5-19-10/h4-5H,2H2,1H3. The van der Waals surface area contributed by atoms with Crippen molar-refractivity contribution >= 4 is 37.4 Å². The molecule has 0 aliphatic rings. The highest BCUT2D eigenvalue weighted by atomic mass is 32.1. The van der Waals surface area contributed by atoms with Gasteiger partial charge in [0.05, 0.1) is 18.0 Å². The minimum Gasteiger partial charge on any atom is -0.234 e. The van der Waals surface area contributed by atoms with Crippen LogP contribution in [0.25, 0.3) is 26.1 Å². The Balaban J connectivity index is 2.08. The summed E-state index contributed by atoms with van der Waals surface area (Å²) < 4.78 is 40.9. The smallest absolute Gasteiger partial charge is 0.234 e. The zero-order valence-corrected chi connectivity index (χ0v) is 12.9. The zero-order chi connectivity index (χ0) is 17.1. The van der Waals surface area contributed by atoms with Crippen LogP contribution < -0.4 is 0 Å². The Kier molecular flexibility index (Phi) is 2.98. The topological polar surface area (TPSA) is 79.8 Å². The van der Waals surface area contributed by atoms with E-state index in [2.05, 4.69) is 20.1 Å². The molecule has 0 radical (unpaired) electrons. The maximum Gasteiger partial charge on any atom is 0.433 e. The molecule has 6 nitrogen and oxygen atoms in total. The van der Waals surface area contributed by atoms with Crippen molar-refractivity contribution in [2.24, 2.45) is 0 Å². The van der Waals surface area contributed by atoms with E-state index in [0.717, 1.165) is 17.4 Å². The predicted molar refractivity (Wildman–Crippen MR) is 80.5 cm³/mol. The Bertz CT molecular complexity index is 1150. The van der Waals surface area contributed by atoms with Crippen LogP contribution in [0.15, 0.2) is 12.4 Å². The lowest BCUT2D eigenvalue weighted by atomic mass is 10.1. The largest absolute Gasteiger partial charge is 0.433 e. The van der Waals surface area contributed by atoms with Crippen LogP contribution in [-0.4, -0.2) is 24.6 Å². The summed E-state index contributed by atoms with van der Waals surface area (Å²) in [4.78, 5) is 12.6. The SMILES string of the molecule is Cc1cc(C(F)(F)F)nc2sc3c(ncn4nc(CC#N)nc34)c12. The second-order valence-corrected chi connectivity index (χ2v) is 6.16. The molecular weight excluding hydrogens is 341 g/mol. The number of aromatic nitrogens is 5. The summed E-state index contributed by atoms with van der Waals surface area (Å²) >= 11 is 1.09. The van der Waals surface area contributed by atoms with E-state index in [0.29, 0.717) is 32.6 Å². The van der Waals surface area contributed by atoms with E-state index in [1.165, 1.54) is 10.8 Å². The van der Waals surface area contributed by atoms with E-state index in [-0.39, 0.29) is 11.3 Å². The first kappa shape index (κ1) is 14.8. The third-order valence-electron chi connectivity index (χ3n) is 3.54. The van der Waals surface area contributed by atoms with Crippen LogP contribution in [0.4, 0.5) is 13.2 Å². The number of aryl methyl sites for hydroxylation is 1. The normalized spacial score (nSPS) is 12.3. The van der Waals surface area contributed by atoms with Gasteiger partial charge in [0, 0.05) is 5.39 Å². The van der Waals surface area contributed by atoms with Crippen molar-refractivity contribution in [3.8, 4) is 6.07 Å². The lowest BCUT2D eigenvalue weighted by molar-refractivity contribution is -0.141. The first-order chi connectivity index (χ1) is 11.4. The maximum atomic E-state index is 13.0. The Morgan fingerprint density at radius 1 is 1.33 bits per heavy atom. The molecule has 4 rings (SSSR count). The minimum atomic E-state index is -4.51. The summed E-state index contributed by atoms with van der Waals surface area (Å²) in [6.45, 7) is 1.60. The van der Waals surface area contributed by atoms with Crippen LogP contribution in [0.5, 0.6) is 0 Å². The molecule has 4 heterocycles. The number of halogens is 3. The molecule has 4 aromatic rings. The predicted octanol–water partition coefficient (Wildman–Crippen LogP) is 3.28. The van der Waals surface area contributed by atoms with E-state index in [1.54, 1.807) is 6.92 Å². The van der Waals surface area contributed by atoms with Crippen LogP contribution in [0.1, 0.15) is 17.1 Å². The Labute approximate surface area is 136 Å². The van der Waals surface area contributed by atoms with Gasteiger partial charge in [-0.2, -0.15) is 18.4 Å². The monoisotopic (exact) mass is 348 g/mol. The fraction of sp³-hybridized carbons (Fsp3) is 0.214. The van der Waals surface area contributed by atoms with E-state index in [4.69, 9.17) is 5.26 Å². The zero-order valence-electron chi connectivity index (χ0n) is 12.1. The lowest BCUT2D eigenvalue weighted by Gasteiger charge is -2.06. The number of thiophene rings is 1. The summed E-state index contributed by atoms with van der Waals surface area (Å²) in [7, 11) is 0. The summed E-state index contributed by atoms with van der Waals surface area (Å²) in [5, 5.41) is 13.5. The van der Waals surface area contributed by atoms with Crippen LogP contribution in [0.2, 0.25) is 0 Å². The Morgan fingerprint density at radius 2 is 2.12 bits per heavy atom. The lowest BCUT2D eigenvalue weighted by Crippen LogP contribution is -2.07. The molecule has 0 bridgehead atoms. The van der Waals surface area contributed by atoms with Gasteiger partial charge in [-0.15, -0.1) is 16.4 Å². The quantitative estimate of drug-likeness (QED) is 0.527. The molecule has 0 amide bonds. The van der Waals surface area contributed by atoms with E-state index >= 15 is 0 Å². The molecule has 0 N–H and O–H groups in total. The van der Waals surface area contributed by atoms with Gasteiger partial charge in [0.25, 0.3) is 0 Å². The van der Waals surface area contributed by atoms with Crippen molar-refractivity contribution in [1.82, 2.24) is 24.6 Å². The summed E-state index contributed by atoms with van der Waals surface area (Å²) in [5.41, 5.74) is 0.521. The fourth-order valence-corrected chi connectivity index (χ4v) is 3.72. The number of hydrogen-bond acceptors (Lipinski definition) is 6. The molecule has 0 fully saturated rings. The molecule has 0 atom stereocenters. The number of rotatable bonds is 1. The number of fused-ring (bicyclic) bond motifs is 5.